The van der Waals surface area contributed by atoms with E-state index in [-0.39, 0.29) is 5.92 Å². The maximum atomic E-state index is 6.77. The molecule has 0 amide bonds. The summed E-state index contributed by atoms with van der Waals surface area (Å²) in [6.45, 7) is 0. The number of hydrogen-bond donors (Lipinski definition) is 1. The summed E-state index contributed by atoms with van der Waals surface area (Å²) >= 11 is 6.77. The van der Waals surface area contributed by atoms with Gasteiger partial charge in [0.2, 0.25) is 0 Å². The third-order valence-electron chi connectivity index (χ3n) is 6.00. The second-order valence-corrected chi connectivity index (χ2v) is 7.98. The molecule has 0 fully saturated rings. The van der Waals surface area contributed by atoms with Gasteiger partial charge in [0.1, 0.15) is 0 Å². The highest BCUT2D eigenvalue weighted by atomic mass is 35.5. The molecule has 138 valence electrons. The van der Waals surface area contributed by atoms with Crippen LogP contribution in [0.4, 0.5) is 11.4 Å². The third kappa shape index (κ3) is 2.48. The fourth-order valence-corrected chi connectivity index (χ4v) is 4.99. The number of halogens is 1. The summed E-state index contributed by atoms with van der Waals surface area (Å²) in [5.74, 6) is 0.0622. The fourth-order valence-electron chi connectivity index (χ4n) is 4.74. The van der Waals surface area contributed by atoms with Crippen LogP contribution in [0.5, 0.6) is 0 Å². The SMILES string of the molecule is Clc1ccccc1C1c2c(ccc3ccccc23)Nc2ccc3ccccc3c21. The maximum Gasteiger partial charge on any atom is 0.0447 e. The Morgan fingerprint density at radius 3 is 1.66 bits per heavy atom. The third-order valence-corrected chi connectivity index (χ3v) is 6.35. The van der Waals surface area contributed by atoms with E-state index in [2.05, 4.69) is 90.2 Å². The maximum absolute atomic E-state index is 6.77. The second-order valence-electron chi connectivity index (χ2n) is 7.58. The molecular formula is C27H18ClN. The van der Waals surface area contributed by atoms with Gasteiger partial charge in [-0.1, -0.05) is 90.5 Å². The van der Waals surface area contributed by atoms with Crippen molar-refractivity contribution in [3.8, 4) is 0 Å². The lowest BCUT2D eigenvalue weighted by molar-refractivity contribution is 0.988. The molecule has 0 unspecified atom stereocenters. The van der Waals surface area contributed by atoms with Crippen LogP contribution in [0.2, 0.25) is 5.02 Å². The highest BCUT2D eigenvalue weighted by Gasteiger charge is 2.31. The zero-order valence-corrected chi connectivity index (χ0v) is 16.4. The lowest BCUT2D eigenvalue weighted by atomic mass is 9.77. The summed E-state index contributed by atoms with van der Waals surface area (Å²) < 4.78 is 0. The highest BCUT2D eigenvalue weighted by molar-refractivity contribution is 6.31. The standard InChI is InChI=1S/C27H18ClN/c28-22-12-6-5-11-21(22)27-25-19-9-3-1-7-17(19)13-15-23(25)29-24-16-14-18-8-2-4-10-20(18)26(24)27/h1-16,27,29H. The Morgan fingerprint density at radius 2 is 1.07 bits per heavy atom. The van der Waals surface area contributed by atoms with Crippen LogP contribution >= 0.6 is 11.6 Å². The topological polar surface area (TPSA) is 12.0 Å². The van der Waals surface area contributed by atoms with Gasteiger partial charge in [0.25, 0.3) is 0 Å². The Bertz CT molecular complexity index is 1320. The van der Waals surface area contributed by atoms with Crippen LogP contribution in [0.3, 0.4) is 0 Å². The number of benzene rings is 5. The highest BCUT2D eigenvalue weighted by Crippen LogP contribution is 2.51. The van der Waals surface area contributed by atoms with Crippen LogP contribution in [0.25, 0.3) is 21.5 Å². The average molecular weight is 392 g/mol. The summed E-state index contributed by atoms with van der Waals surface area (Å²) in [5.41, 5.74) is 6.03. The van der Waals surface area contributed by atoms with E-state index in [0.29, 0.717) is 0 Å². The van der Waals surface area contributed by atoms with Gasteiger partial charge in [-0.3, -0.25) is 0 Å². The van der Waals surface area contributed by atoms with E-state index in [4.69, 9.17) is 11.6 Å². The molecule has 0 spiro atoms. The van der Waals surface area contributed by atoms with Crippen molar-refractivity contribution in [1.29, 1.82) is 0 Å². The lowest BCUT2D eigenvalue weighted by Gasteiger charge is -2.32. The predicted molar refractivity (Wildman–Crippen MR) is 124 cm³/mol. The van der Waals surface area contributed by atoms with Crippen molar-refractivity contribution in [3.05, 3.63) is 119 Å². The Kier molecular flexibility index (Phi) is 3.65. The van der Waals surface area contributed by atoms with Crippen LogP contribution in [0.1, 0.15) is 22.6 Å². The first-order valence-electron chi connectivity index (χ1n) is 9.86. The summed E-state index contributed by atoms with van der Waals surface area (Å²) in [6.07, 6.45) is 0. The Balaban J connectivity index is 1.78. The quantitative estimate of drug-likeness (QED) is 0.300. The zero-order chi connectivity index (χ0) is 19.4. The van der Waals surface area contributed by atoms with Crippen LogP contribution in [0, 0.1) is 0 Å². The number of anilines is 2. The van der Waals surface area contributed by atoms with Crippen molar-refractivity contribution in [3.63, 3.8) is 0 Å². The largest absolute Gasteiger partial charge is 0.355 e. The summed E-state index contributed by atoms with van der Waals surface area (Å²) in [7, 11) is 0. The minimum Gasteiger partial charge on any atom is -0.355 e. The molecule has 0 atom stereocenters. The zero-order valence-electron chi connectivity index (χ0n) is 15.7. The molecule has 1 aliphatic rings. The molecule has 0 aromatic heterocycles. The molecule has 1 heterocycles. The van der Waals surface area contributed by atoms with Crippen molar-refractivity contribution >= 4 is 44.5 Å². The first-order chi connectivity index (χ1) is 14.3. The first kappa shape index (κ1) is 16.6. The number of fused-ring (bicyclic) bond motifs is 6. The van der Waals surface area contributed by atoms with Crippen molar-refractivity contribution < 1.29 is 0 Å². The molecule has 5 aromatic carbocycles. The summed E-state index contributed by atoms with van der Waals surface area (Å²) in [4.78, 5) is 0. The van der Waals surface area contributed by atoms with E-state index in [1.165, 1.54) is 32.7 Å². The Labute approximate surface area is 174 Å². The predicted octanol–water partition coefficient (Wildman–Crippen LogP) is 7.88. The van der Waals surface area contributed by atoms with Crippen molar-refractivity contribution in [2.75, 3.05) is 5.32 Å². The van der Waals surface area contributed by atoms with E-state index in [0.717, 1.165) is 22.0 Å². The van der Waals surface area contributed by atoms with E-state index < -0.39 is 0 Å². The monoisotopic (exact) mass is 391 g/mol. The molecule has 29 heavy (non-hydrogen) atoms. The van der Waals surface area contributed by atoms with Gasteiger partial charge < -0.3 is 5.32 Å². The fraction of sp³-hybridized carbons (Fsp3) is 0.0370. The average Bonchev–Trinajstić information content (AvgIpc) is 2.78. The molecule has 1 nitrogen and oxygen atoms in total. The van der Waals surface area contributed by atoms with Gasteiger partial charge in [0.15, 0.2) is 0 Å². The van der Waals surface area contributed by atoms with Gasteiger partial charge in [-0.05, 0) is 56.4 Å². The van der Waals surface area contributed by atoms with Gasteiger partial charge in [0.05, 0.1) is 0 Å². The molecule has 0 aliphatic carbocycles. The van der Waals surface area contributed by atoms with Gasteiger partial charge >= 0.3 is 0 Å². The number of hydrogen-bond acceptors (Lipinski definition) is 1. The van der Waals surface area contributed by atoms with Crippen LogP contribution in [0.15, 0.2) is 97.1 Å². The Hall–Kier alpha value is -3.29. The van der Waals surface area contributed by atoms with Crippen LogP contribution in [-0.4, -0.2) is 0 Å². The van der Waals surface area contributed by atoms with Gasteiger partial charge in [-0.2, -0.15) is 0 Å². The van der Waals surface area contributed by atoms with E-state index in [1.807, 2.05) is 12.1 Å². The molecule has 1 aliphatic heterocycles. The van der Waals surface area contributed by atoms with Crippen LogP contribution < -0.4 is 5.32 Å². The molecule has 0 saturated heterocycles. The van der Waals surface area contributed by atoms with Crippen molar-refractivity contribution in [2.45, 2.75) is 5.92 Å². The molecule has 0 bridgehead atoms. The summed E-state index contributed by atoms with van der Waals surface area (Å²) in [5, 5.41) is 9.52. The molecule has 5 aromatic rings. The van der Waals surface area contributed by atoms with E-state index >= 15 is 0 Å². The van der Waals surface area contributed by atoms with Gasteiger partial charge in [-0.25, -0.2) is 0 Å². The van der Waals surface area contributed by atoms with E-state index in [1.54, 1.807) is 0 Å². The summed E-state index contributed by atoms with van der Waals surface area (Å²) in [6, 6.07) is 34.2. The molecule has 1 N–H and O–H groups in total. The first-order valence-corrected chi connectivity index (χ1v) is 10.2. The normalized spacial score (nSPS) is 13.1. The van der Waals surface area contributed by atoms with Crippen LogP contribution in [-0.2, 0) is 0 Å². The second kappa shape index (κ2) is 6.37. The minimum absolute atomic E-state index is 0.0622. The smallest absolute Gasteiger partial charge is 0.0447 e. The van der Waals surface area contributed by atoms with Gasteiger partial charge in [0, 0.05) is 22.3 Å². The van der Waals surface area contributed by atoms with Crippen molar-refractivity contribution in [1.82, 2.24) is 0 Å². The molecule has 0 saturated carbocycles. The molecule has 2 heteroatoms. The number of nitrogens with one attached hydrogen (secondary N) is 1. The molecule has 6 rings (SSSR count). The number of rotatable bonds is 1. The van der Waals surface area contributed by atoms with Crippen molar-refractivity contribution in [2.24, 2.45) is 0 Å². The van der Waals surface area contributed by atoms with E-state index in [9.17, 15) is 0 Å². The molecular weight excluding hydrogens is 374 g/mol. The Morgan fingerprint density at radius 1 is 0.552 bits per heavy atom. The molecule has 0 radical (unpaired) electrons. The minimum atomic E-state index is 0.0622. The van der Waals surface area contributed by atoms with Gasteiger partial charge in [-0.15, -0.1) is 0 Å². The lowest BCUT2D eigenvalue weighted by Crippen LogP contribution is -2.15.